The Hall–Kier alpha value is -1.34. The first kappa shape index (κ1) is 14.7. The Morgan fingerprint density at radius 1 is 1.44 bits per heavy atom. The van der Waals surface area contributed by atoms with E-state index < -0.39 is 24.0 Å². The topological polar surface area (TPSA) is 108 Å². The molecule has 0 bridgehead atoms. The monoisotopic (exact) mass is 260 g/mol. The molecule has 1 aliphatic rings. The first-order chi connectivity index (χ1) is 8.39. The molecule has 104 valence electrons. The van der Waals surface area contributed by atoms with Crippen LogP contribution in [0.25, 0.3) is 0 Å². The van der Waals surface area contributed by atoms with Crippen LogP contribution in [-0.4, -0.2) is 53.6 Å². The smallest absolute Gasteiger partial charge is 0.314 e. The van der Waals surface area contributed by atoms with Crippen LogP contribution < -0.4 is 10.6 Å². The van der Waals surface area contributed by atoms with Gasteiger partial charge in [-0.1, -0.05) is 0 Å². The summed E-state index contributed by atoms with van der Waals surface area (Å²) in [5.74, 6) is -1.11. The first-order valence-electron chi connectivity index (χ1n) is 5.96. The maximum atomic E-state index is 11.4. The van der Waals surface area contributed by atoms with Crippen molar-refractivity contribution in [3.63, 3.8) is 0 Å². The van der Waals surface area contributed by atoms with Crippen molar-refractivity contribution in [2.45, 2.75) is 37.9 Å². The Balaban J connectivity index is 2.17. The summed E-state index contributed by atoms with van der Waals surface area (Å²) in [6.45, 7) is 2.40. The fraction of sp³-hybridized carbons (Fsp3) is 0.818. The average Bonchev–Trinajstić information content (AvgIpc) is 2.74. The molecule has 2 amide bonds. The van der Waals surface area contributed by atoms with Gasteiger partial charge in [-0.25, -0.2) is 4.79 Å². The van der Waals surface area contributed by atoms with Crippen LogP contribution in [0.3, 0.4) is 0 Å². The summed E-state index contributed by atoms with van der Waals surface area (Å²) in [5, 5.41) is 23.3. The van der Waals surface area contributed by atoms with Gasteiger partial charge in [-0.3, -0.25) is 4.79 Å². The lowest BCUT2D eigenvalue weighted by Gasteiger charge is -2.21. The minimum atomic E-state index is -1.45. The van der Waals surface area contributed by atoms with Gasteiger partial charge in [0.1, 0.15) is 0 Å². The summed E-state index contributed by atoms with van der Waals surface area (Å²) in [7, 11) is 0. The van der Waals surface area contributed by atoms with E-state index in [0.29, 0.717) is 6.54 Å². The third-order valence-corrected chi connectivity index (χ3v) is 2.68. The molecule has 18 heavy (non-hydrogen) atoms. The normalized spacial score (nSPS) is 22.2. The minimum Gasteiger partial charge on any atom is -0.481 e. The van der Waals surface area contributed by atoms with Crippen LogP contribution in [0, 0.1) is 0 Å². The quantitative estimate of drug-likeness (QED) is 0.524. The minimum absolute atomic E-state index is 0.0512. The van der Waals surface area contributed by atoms with E-state index in [1.165, 1.54) is 6.92 Å². The number of aliphatic hydroxyl groups is 1. The fourth-order valence-electron chi connectivity index (χ4n) is 1.73. The molecule has 2 unspecified atom stereocenters. The van der Waals surface area contributed by atoms with E-state index in [9.17, 15) is 14.7 Å². The summed E-state index contributed by atoms with van der Waals surface area (Å²) in [5.41, 5.74) is -1.45. The van der Waals surface area contributed by atoms with Gasteiger partial charge in [0.15, 0.2) is 0 Å². The first-order valence-corrected chi connectivity index (χ1v) is 5.96. The van der Waals surface area contributed by atoms with Gasteiger partial charge in [0, 0.05) is 19.7 Å². The molecule has 0 aromatic carbocycles. The van der Waals surface area contributed by atoms with Gasteiger partial charge in [-0.05, 0) is 19.8 Å². The van der Waals surface area contributed by atoms with E-state index in [1.807, 2.05) is 0 Å². The Morgan fingerprint density at radius 2 is 2.17 bits per heavy atom. The molecule has 2 atom stereocenters. The van der Waals surface area contributed by atoms with E-state index in [-0.39, 0.29) is 12.6 Å². The van der Waals surface area contributed by atoms with E-state index in [1.54, 1.807) is 0 Å². The predicted octanol–water partition coefficient (Wildman–Crippen LogP) is -0.310. The second-order valence-corrected chi connectivity index (χ2v) is 4.77. The van der Waals surface area contributed by atoms with Gasteiger partial charge in [0.05, 0.1) is 18.1 Å². The Labute approximate surface area is 106 Å². The molecule has 4 N–H and O–H groups in total. The van der Waals surface area contributed by atoms with Crippen LogP contribution in [0.4, 0.5) is 4.79 Å². The highest BCUT2D eigenvalue weighted by molar-refractivity contribution is 5.74. The highest BCUT2D eigenvalue weighted by Crippen LogP contribution is 2.10. The predicted molar refractivity (Wildman–Crippen MR) is 63.3 cm³/mol. The molecule has 1 rings (SSSR count). The van der Waals surface area contributed by atoms with Crippen LogP contribution in [0.2, 0.25) is 0 Å². The van der Waals surface area contributed by atoms with E-state index >= 15 is 0 Å². The molecule has 7 nitrogen and oxygen atoms in total. The lowest BCUT2D eigenvalue weighted by molar-refractivity contribution is -0.141. The SMILES string of the molecule is CC(O)(CNC(=O)NCC1CCCO1)CC(=O)O. The molecule has 0 aromatic heterocycles. The largest absolute Gasteiger partial charge is 0.481 e. The number of hydrogen-bond acceptors (Lipinski definition) is 4. The molecule has 1 saturated heterocycles. The van der Waals surface area contributed by atoms with Gasteiger partial charge < -0.3 is 25.6 Å². The molecule has 0 spiro atoms. The van der Waals surface area contributed by atoms with Gasteiger partial charge in [0.2, 0.25) is 0 Å². The lowest BCUT2D eigenvalue weighted by atomic mass is 10.0. The maximum Gasteiger partial charge on any atom is 0.314 e. The molecular weight excluding hydrogens is 240 g/mol. The number of hydrogen-bond donors (Lipinski definition) is 4. The molecule has 0 aromatic rings. The molecule has 1 heterocycles. The third kappa shape index (κ3) is 5.83. The van der Waals surface area contributed by atoms with Gasteiger partial charge >= 0.3 is 12.0 Å². The lowest BCUT2D eigenvalue weighted by Crippen LogP contribution is -2.47. The maximum absolute atomic E-state index is 11.4. The zero-order valence-corrected chi connectivity index (χ0v) is 10.4. The van der Waals surface area contributed by atoms with Crippen molar-refractivity contribution >= 4 is 12.0 Å². The summed E-state index contributed by atoms with van der Waals surface area (Å²) in [6.07, 6.45) is 1.56. The van der Waals surface area contributed by atoms with Crippen molar-refractivity contribution in [2.75, 3.05) is 19.7 Å². The number of urea groups is 1. The fourth-order valence-corrected chi connectivity index (χ4v) is 1.73. The van der Waals surface area contributed by atoms with Crippen molar-refractivity contribution in [1.29, 1.82) is 0 Å². The molecule has 1 aliphatic heterocycles. The highest BCUT2D eigenvalue weighted by Gasteiger charge is 2.25. The number of carbonyl (C=O) groups excluding carboxylic acids is 1. The Bertz CT molecular complexity index is 300. The molecule has 7 heteroatoms. The van der Waals surface area contributed by atoms with E-state index in [0.717, 1.165) is 19.4 Å². The van der Waals surface area contributed by atoms with Crippen LogP contribution in [0.1, 0.15) is 26.2 Å². The van der Waals surface area contributed by atoms with Crippen LogP contribution in [-0.2, 0) is 9.53 Å². The van der Waals surface area contributed by atoms with E-state index in [2.05, 4.69) is 10.6 Å². The van der Waals surface area contributed by atoms with Crippen LogP contribution >= 0.6 is 0 Å². The third-order valence-electron chi connectivity index (χ3n) is 2.68. The summed E-state index contributed by atoms with van der Waals surface area (Å²) in [4.78, 5) is 21.9. The molecule has 0 saturated carbocycles. The Morgan fingerprint density at radius 3 is 2.72 bits per heavy atom. The molecule has 0 radical (unpaired) electrons. The number of aliphatic carboxylic acids is 1. The van der Waals surface area contributed by atoms with Crippen molar-refractivity contribution in [1.82, 2.24) is 10.6 Å². The van der Waals surface area contributed by atoms with Crippen molar-refractivity contribution in [3.8, 4) is 0 Å². The van der Waals surface area contributed by atoms with E-state index in [4.69, 9.17) is 9.84 Å². The molecule has 0 aliphatic carbocycles. The molecule has 1 fully saturated rings. The van der Waals surface area contributed by atoms with Crippen LogP contribution in [0.5, 0.6) is 0 Å². The second-order valence-electron chi connectivity index (χ2n) is 4.77. The van der Waals surface area contributed by atoms with Crippen LogP contribution in [0.15, 0.2) is 0 Å². The number of ether oxygens (including phenoxy) is 1. The van der Waals surface area contributed by atoms with Gasteiger partial charge in [-0.15, -0.1) is 0 Å². The van der Waals surface area contributed by atoms with Crippen molar-refractivity contribution in [2.24, 2.45) is 0 Å². The highest BCUT2D eigenvalue weighted by atomic mass is 16.5. The summed E-state index contributed by atoms with van der Waals surface area (Å²) in [6, 6.07) is -0.434. The number of carboxylic acids is 1. The zero-order valence-electron chi connectivity index (χ0n) is 10.4. The Kier molecular flexibility index (Phi) is 5.36. The standard InChI is InChI=1S/C11H20N2O5/c1-11(17,5-9(14)15)7-13-10(16)12-6-8-3-2-4-18-8/h8,17H,2-7H2,1H3,(H,14,15)(H2,12,13,16). The number of amides is 2. The van der Waals surface area contributed by atoms with Crippen molar-refractivity contribution < 1.29 is 24.5 Å². The number of carboxylic acid groups (broad SMARTS) is 1. The summed E-state index contributed by atoms with van der Waals surface area (Å²) >= 11 is 0. The number of rotatable bonds is 6. The zero-order chi connectivity index (χ0) is 13.6. The number of nitrogens with one attached hydrogen (secondary N) is 2. The second kappa shape index (κ2) is 6.55. The summed E-state index contributed by atoms with van der Waals surface area (Å²) < 4.78 is 5.33. The van der Waals surface area contributed by atoms with Crippen molar-refractivity contribution in [3.05, 3.63) is 0 Å². The molecular formula is C11H20N2O5. The van der Waals surface area contributed by atoms with Gasteiger partial charge in [0.25, 0.3) is 0 Å². The average molecular weight is 260 g/mol. The number of carbonyl (C=O) groups is 2. The van der Waals surface area contributed by atoms with Gasteiger partial charge in [-0.2, -0.15) is 0 Å².